The molecule has 3 rings (SSSR count). The Bertz CT molecular complexity index is 772. The van der Waals surface area contributed by atoms with Crippen LogP contribution in [0.4, 0.5) is 0 Å². The van der Waals surface area contributed by atoms with Crippen molar-refractivity contribution in [3.05, 3.63) is 77.4 Å². The summed E-state index contributed by atoms with van der Waals surface area (Å²) in [5.41, 5.74) is 2.40. The van der Waals surface area contributed by atoms with Gasteiger partial charge in [0, 0.05) is 11.1 Å². The zero-order valence-corrected chi connectivity index (χ0v) is 12.2. The van der Waals surface area contributed by atoms with Crippen molar-refractivity contribution in [3.8, 4) is 11.5 Å². The number of phenolic OH excluding ortho intramolecular Hbond substituents is 1. The molecule has 1 aliphatic heterocycles. The minimum Gasteiger partial charge on any atom is -0.508 e. The van der Waals surface area contributed by atoms with Gasteiger partial charge in [0.2, 0.25) is 0 Å². The number of hydrogen-bond acceptors (Lipinski definition) is 3. The van der Waals surface area contributed by atoms with E-state index < -0.39 is 0 Å². The summed E-state index contributed by atoms with van der Waals surface area (Å²) in [6.45, 7) is 1.95. The first-order valence-electron chi connectivity index (χ1n) is 7.12. The minimum absolute atomic E-state index is 0.0850. The molecule has 3 heteroatoms. The highest BCUT2D eigenvalue weighted by Gasteiger charge is 2.16. The zero-order chi connectivity index (χ0) is 15.5. The third-order valence-electron chi connectivity index (χ3n) is 3.57. The number of para-hydroxylation sites is 1. The van der Waals surface area contributed by atoms with Crippen molar-refractivity contribution in [3.63, 3.8) is 0 Å². The summed E-state index contributed by atoms with van der Waals surface area (Å²) in [4.78, 5) is 12.1. The van der Waals surface area contributed by atoms with E-state index in [0.29, 0.717) is 5.56 Å². The van der Waals surface area contributed by atoms with Crippen LogP contribution in [-0.4, -0.2) is 17.0 Å². The lowest BCUT2D eigenvalue weighted by Crippen LogP contribution is -2.17. The first-order valence-corrected chi connectivity index (χ1v) is 7.12. The van der Waals surface area contributed by atoms with Crippen LogP contribution in [0.25, 0.3) is 6.08 Å². The van der Waals surface area contributed by atoms with Gasteiger partial charge >= 0.3 is 0 Å². The Hall–Kier alpha value is -2.81. The first-order chi connectivity index (χ1) is 10.6. The number of aromatic hydroxyl groups is 1. The third-order valence-corrected chi connectivity index (χ3v) is 3.57. The normalized spacial score (nSPS) is 16.8. The van der Waals surface area contributed by atoms with Gasteiger partial charge in [-0.05, 0) is 42.8 Å². The van der Waals surface area contributed by atoms with Crippen LogP contribution in [0.5, 0.6) is 11.5 Å². The fourth-order valence-corrected chi connectivity index (χ4v) is 2.37. The van der Waals surface area contributed by atoms with E-state index in [2.05, 4.69) is 0 Å². The summed E-state index contributed by atoms with van der Waals surface area (Å²) < 4.78 is 5.83. The van der Waals surface area contributed by atoms with Crippen molar-refractivity contribution in [2.24, 2.45) is 0 Å². The molecule has 1 aliphatic rings. The number of ketones is 1. The van der Waals surface area contributed by atoms with Gasteiger partial charge in [-0.1, -0.05) is 36.4 Å². The standard InChI is InChI=1S/C19H16O3/c1-13-14(11-16-5-2-3-8-19(16)22-13)9-10-18(21)15-6-4-7-17(20)12-15/h2-13,20H,1H3/b10-9+/t13-/m1/s1. The van der Waals surface area contributed by atoms with Crippen molar-refractivity contribution in [1.82, 2.24) is 0 Å². The first kappa shape index (κ1) is 14.1. The van der Waals surface area contributed by atoms with Gasteiger partial charge in [0.25, 0.3) is 0 Å². The van der Waals surface area contributed by atoms with Gasteiger partial charge in [0.1, 0.15) is 17.6 Å². The number of benzene rings is 2. The zero-order valence-electron chi connectivity index (χ0n) is 12.2. The number of rotatable bonds is 3. The Morgan fingerprint density at radius 3 is 2.82 bits per heavy atom. The lowest BCUT2D eigenvalue weighted by atomic mass is 10.0. The van der Waals surface area contributed by atoms with E-state index in [0.717, 1.165) is 16.9 Å². The largest absolute Gasteiger partial charge is 0.508 e. The maximum atomic E-state index is 12.1. The molecular weight excluding hydrogens is 276 g/mol. The van der Waals surface area contributed by atoms with Crippen LogP contribution < -0.4 is 4.74 Å². The van der Waals surface area contributed by atoms with E-state index in [9.17, 15) is 9.90 Å². The highest BCUT2D eigenvalue weighted by molar-refractivity contribution is 6.05. The average molecular weight is 292 g/mol. The van der Waals surface area contributed by atoms with Gasteiger partial charge in [-0.15, -0.1) is 0 Å². The van der Waals surface area contributed by atoms with E-state index >= 15 is 0 Å². The number of allylic oxidation sites excluding steroid dienone is 1. The van der Waals surface area contributed by atoms with Crippen molar-refractivity contribution < 1.29 is 14.6 Å². The van der Waals surface area contributed by atoms with Gasteiger partial charge in [-0.3, -0.25) is 4.79 Å². The van der Waals surface area contributed by atoms with Crippen molar-refractivity contribution in [2.45, 2.75) is 13.0 Å². The molecule has 0 aliphatic carbocycles. The Morgan fingerprint density at radius 1 is 1.18 bits per heavy atom. The molecule has 22 heavy (non-hydrogen) atoms. The molecule has 2 aromatic rings. The molecule has 1 atom stereocenters. The second-order valence-electron chi connectivity index (χ2n) is 5.19. The van der Waals surface area contributed by atoms with E-state index in [1.165, 1.54) is 18.2 Å². The number of carbonyl (C=O) groups is 1. The van der Waals surface area contributed by atoms with Gasteiger partial charge in [-0.2, -0.15) is 0 Å². The van der Waals surface area contributed by atoms with Crippen LogP contribution in [-0.2, 0) is 0 Å². The molecule has 0 bridgehead atoms. The monoisotopic (exact) mass is 292 g/mol. The summed E-state index contributed by atoms with van der Waals surface area (Å²) in [6.07, 6.45) is 5.19. The number of fused-ring (bicyclic) bond motifs is 1. The molecule has 1 heterocycles. The van der Waals surface area contributed by atoms with E-state index in [1.807, 2.05) is 37.3 Å². The molecular formula is C19H16O3. The van der Waals surface area contributed by atoms with Crippen LogP contribution >= 0.6 is 0 Å². The Kier molecular flexibility index (Phi) is 3.79. The Morgan fingerprint density at radius 2 is 2.00 bits per heavy atom. The van der Waals surface area contributed by atoms with Crippen LogP contribution in [0.2, 0.25) is 0 Å². The van der Waals surface area contributed by atoms with E-state index in [1.54, 1.807) is 18.2 Å². The third kappa shape index (κ3) is 2.93. The van der Waals surface area contributed by atoms with Crippen LogP contribution in [0.15, 0.2) is 66.3 Å². The topological polar surface area (TPSA) is 46.5 Å². The SMILES string of the molecule is C[C@H]1Oc2ccccc2C=C1/C=C/C(=O)c1cccc(O)c1. The van der Waals surface area contributed by atoms with Crippen molar-refractivity contribution >= 4 is 11.9 Å². The summed E-state index contributed by atoms with van der Waals surface area (Å²) in [5, 5.41) is 9.42. The maximum absolute atomic E-state index is 12.1. The van der Waals surface area contributed by atoms with Gasteiger partial charge in [0.05, 0.1) is 0 Å². The number of phenols is 1. The molecule has 2 aromatic carbocycles. The number of ether oxygens (including phenoxy) is 1. The maximum Gasteiger partial charge on any atom is 0.185 e. The lowest BCUT2D eigenvalue weighted by molar-refractivity contribution is 0.104. The highest BCUT2D eigenvalue weighted by Crippen LogP contribution is 2.29. The molecule has 3 nitrogen and oxygen atoms in total. The second kappa shape index (κ2) is 5.90. The molecule has 0 saturated carbocycles. The van der Waals surface area contributed by atoms with Crippen molar-refractivity contribution in [1.29, 1.82) is 0 Å². The van der Waals surface area contributed by atoms with Gasteiger partial charge in [0.15, 0.2) is 5.78 Å². The predicted octanol–water partition coefficient (Wildman–Crippen LogP) is 4.00. The molecule has 0 fully saturated rings. The van der Waals surface area contributed by atoms with Crippen LogP contribution in [0.3, 0.4) is 0 Å². The highest BCUT2D eigenvalue weighted by atomic mass is 16.5. The molecule has 0 unspecified atom stereocenters. The molecule has 0 radical (unpaired) electrons. The molecule has 110 valence electrons. The fraction of sp³-hybridized carbons (Fsp3) is 0.105. The van der Waals surface area contributed by atoms with Gasteiger partial charge in [-0.25, -0.2) is 0 Å². The summed E-state index contributed by atoms with van der Waals surface area (Å²) in [6, 6.07) is 14.1. The summed E-state index contributed by atoms with van der Waals surface area (Å²) in [7, 11) is 0. The average Bonchev–Trinajstić information content (AvgIpc) is 2.52. The molecule has 0 spiro atoms. The van der Waals surface area contributed by atoms with Crippen LogP contribution in [0.1, 0.15) is 22.8 Å². The minimum atomic E-state index is -0.150. The van der Waals surface area contributed by atoms with Gasteiger partial charge < -0.3 is 9.84 Å². The van der Waals surface area contributed by atoms with E-state index in [-0.39, 0.29) is 17.6 Å². The molecule has 1 N–H and O–H groups in total. The molecule has 0 saturated heterocycles. The fourth-order valence-electron chi connectivity index (χ4n) is 2.37. The Labute approximate surface area is 129 Å². The van der Waals surface area contributed by atoms with Crippen molar-refractivity contribution in [2.75, 3.05) is 0 Å². The van der Waals surface area contributed by atoms with E-state index in [4.69, 9.17) is 4.74 Å². The molecule has 0 aromatic heterocycles. The smallest absolute Gasteiger partial charge is 0.185 e. The number of carbonyl (C=O) groups excluding carboxylic acids is 1. The molecule has 0 amide bonds. The number of hydrogen-bond donors (Lipinski definition) is 1. The van der Waals surface area contributed by atoms with Crippen LogP contribution in [0, 0.1) is 0 Å². The second-order valence-corrected chi connectivity index (χ2v) is 5.19. The predicted molar refractivity (Wildman–Crippen MR) is 86.1 cm³/mol. The Balaban J connectivity index is 1.83. The quantitative estimate of drug-likeness (QED) is 0.687. The lowest BCUT2D eigenvalue weighted by Gasteiger charge is -2.22. The summed E-state index contributed by atoms with van der Waals surface area (Å²) >= 11 is 0. The summed E-state index contributed by atoms with van der Waals surface area (Å²) in [5.74, 6) is 0.788.